The van der Waals surface area contributed by atoms with Crippen LogP contribution in [0.2, 0.25) is 0 Å². The highest BCUT2D eigenvalue weighted by molar-refractivity contribution is 5.66. The third-order valence-electron chi connectivity index (χ3n) is 5.89. The van der Waals surface area contributed by atoms with Gasteiger partial charge in [-0.15, -0.1) is 0 Å². The molecule has 0 fully saturated rings. The summed E-state index contributed by atoms with van der Waals surface area (Å²) in [6, 6.07) is 0. The predicted octanol–water partition coefficient (Wildman–Crippen LogP) is 5.60. The smallest absolute Gasteiger partial charge is 0.0337 e. The second-order valence-electron chi connectivity index (χ2n) is 6.67. The van der Waals surface area contributed by atoms with Gasteiger partial charge in [0.1, 0.15) is 0 Å². The number of hydrogen-bond acceptors (Lipinski definition) is 0. The molecule has 2 unspecified atom stereocenters. The van der Waals surface area contributed by atoms with E-state index in [4.69, 9.17) is 0 Å². The zero-order valence-electron chi connectivity index (χ0n) is 12.9. The van der Waals surface area contributed by atoms with E-state index in [1.807, 2.05) is 0 Å². The molecule has 0 heterocycles. The minimum Gasteiger partial charge on any atom is -0.0654 e. The molecule has 0 nitrogen and oxygen atoms in total. The molecule has 0 aromatic heterocycles. The van der Waals surface area contributed by atoms with Crippen LogP contribution in [0.3, 0.4) is 0 Å². The lowest BCUT2D eigenvalue weighted by Crippen LogP contribution is -2.48. The van der Waals surface area contributed by atoms with Gasteiger partial charge in [0.25, 0.3) is 0 Å². The van der Waals surface area contributed by atoms with Crippen molar-refractivity contribution in [2.75, 3.05) is 0 Å². The Hall–Kier alpha value is -1.82. The monoisotopic (exact) mass is 274 g/mol. The largest absolute Gasteiger partial charge is 0.0654 e. The van der Waals surface area contributed by atoms with Crippen LogP contribution in [0, 0.1) is 10.8 Å². The molecule has 0 spiro atoms. The van der Waals surface area contributed by atoms with Crippen LogP contribution in [0.5, 0.6) is 0 Å². The Morgan fingerprint density at radius 2 is 1.33 bits per heavy atom. The first kappa shape index (κ1) is 12.9. The quantitative estimate of drug-likeness (QED) is 0.628. The van der Waals surface area contributed by atoms with Crippen molar-refractivity contribution in [3.8, 4) is 0 Å². The van der Waals surface area contributed by atoms with Gasteiger partial charge in [-0.25, -0.2) is 0 Å². The summed E-state index contributed by atoms with van der Waals surface area (Å²) in [5.74, 6) is 0. The highest BCUT2D eigenvalue weighted by atomic mass is 14.6. The van der Waals surface area contributed by atoms with Gasteiger partial charge in [0.05, 0.1) is 0 Å². The Morgan fingerprint density at radius 1 is 0.762 bits per heavy atom. The molecular weight excluding hydrogens is 252 g/mol. The number of unbranched alkanes of at least 4 members (excludes halogenated alkanes) is 1. The van der Waals surface area contributed by atoms with Crippen molar-refractivity contribution in [3.05, 3.63) is 83.1 Å². The summed E-state index contributed by atoms with van der Waals surface area (Å²) in [6.07, 6.45) is 26.8. The summed E-state index contributed by atoms with van der Waals surface area (Å²) >= 11 is 0. The third-order valence-corrected chi connectivity index (χ3v) is 5.89. The predicted molar refractivity (Wildman–Crippen MR) is 89.8 cm³/mol. The number of allylic oxidation sites excluding steroid dienone is 14. The normalized spacial score (nSPS) is 34.8. The van der Waals surface area contributed by atoms with Crippen molar-refractivity contribution in [2.24, 2.45) is 10.8 Å². The van der Waals surface area contributed by atoms with Crippen LogP contribution in [0.25, 0.3) is 0 Å². The molecule has 4 rings (SSSR count). The molecule has 0 saturated heterocycles. The molecule has 4 aliphatic carbocycles. The van der Waals surface area contributed by atoms with Gasteiger partial charge < -0.3 is 0 Å². The lowest BCUT2D eigenvalue weighted by Gasteiger charge is -2.57. The average Bonchev–Trinajstić information content (AvgIpc) is 2.50. The zero-order valence-corrected chi connectivity index (χ0v) is 12.9. The fraction of sp³-hybridized carbons (Fsp3) is 0.333. The van der Waals surface area contributed by atoms with Crippen LogP contribution in [-0.4, -0.2) is 0 Å². The van der Waals surface area contributed by atoms with Gasteiger partial charge in [-0.1, -0.05) is 87.4 Å². The number of rotatable bonds is 3. The third kappa shape index (κ3) is 1.41. The zero-order chi connectivity index (χ0) is 14.5. The van der Waals surface area contributed by atoms with E-state index in [1.54, 1.807) is 0 Å². The van der Waals surface area contributed by atoms with Crippen LogP contribution in [0.4, 0.5) is 0 Å². The molecule has 2 atom stereocenters. The van der Waals surface area contributed by atoms with Crippen molar-refractivity contribution in [1.82, 2.24) is 0 Å². The highest BCUT2D eigenvalue weighted by Gasteiger charge is 2.57. The summed E-state index contributed by atoms with van der Waals surface area (Å²) in [4.78, 5) is 0. The van der Waals surface area contributed by atoms with E-state index in [1.165, 1.54) is 41.6 Å². The van der Waals surface area contributed by atoms with Gasteiger partial charge in [-0.2, -0.15) is 0 Å². The second-order valence-corrected chi connectivity index (χ2v) is 6.67. The van der Waals surface area contributed by atoms with Crippen molar-refractivity contribution in [3.63, 3.8) is 0 Å². The van der Waals surface area contributed by atoms with Gasteiger partial charge >= 0.3 is 0 Å². The van der Waals surface area contributed by atoms with Gasteiger partial charge in [-0.3, -0.25) is 0 Å². The van der Waals surface area contributed by atoms with Crippen LogP contribution >= 0.6 is 0 Å². The van der Waals surface area contributed by atoms with Gasteiger partial charge in [0.2, 0.25) is 0 Å². The van der Waals surface area contributed by atoms with E-state index in [-0.39, 0.29) is 10.8 Å². The standard InChI is InChI=1S/C21H22/c1-3-4-15-21-18-9-6-10-19(21)14-12-17-8-5-7-16(11-13-18)20(17,21)2/h5-14H,3-4,15H2,1-2H3. The minimum atomic E-state index is 0.0896. The summed E-state index contributed by atoms with van der Waals surface area (Å²) in [7, 11) is 0. The van der Waals surface area contributed by atoms with Crippen molar-refractivity contribution in [1.29, 1.82) is 0 Å². The molecule has 0 saturated carbocycles. The lowest BCUT2D eigenvalue weighted by atomic mass is 9.45. The fourth-order valence-electron chi connectivity index (χ4n) is 4.71. The molecule has 0 aliphatic heterocycles. The molecule has 21 heavy (non-hydrogen) atoms. The van der Waals surface area contributed by atoms with Crippen LogP contribution in [0.1, 0.15) is 33.1 Å². The molecular formula is C21H22. The van der Waals surface area contributed by atoms with E-state index >= 15 is 0 Å². The van der Waals surface area contributed by atoms with Crippen molar-refractivity contribution >= 4 is 0 Å². The molecule has 0 aromatic rings. The maximum absolute atomic E-state index is 2.45. The first-order chi connectivity index (χ1) is 10.2. The number of hydrogen-bond donors (Lipinski definition) is 0. The maximum Gasteiger partial charge on any atom is 0.0337 e. The van der Waals surface area contributed by atoms with E-state index in [9.17, 15) is 0 Å². The molecule has 0 aromatic carbocycles. The summed E-state index contributed by atoms with van der Waals surface area (Å²) in [5, 5.41) is 0. The molecule has 0 N–H and O–H groups in total. The van der Waals surface area contributed by atoms with E-state index in [0.29, 0.717) is 0 Å². The summed E-state index contributed by atoms with van der Waals surface area (Å²) in [5.41, 5.74) is 6.13. The van der Waals surface area contributed by atoms with Crippen molar-refractivity contribution < 1.29 is 0 Å². The first-order valence-corrected chi connectivity index (χ1v) is 8.12. The Bertz CT molecular complexity index is 702. The SMILES string of the molecule is CCCCC12C3=CC=CC1=CC=C1C=CC=C(C=C3)C12C. The molecule has 0 heteroatoms. The van der Waals surface area contributed by atoms with E-state index in [0.717, 1.165) is 0 Å². The molecule has 0 amide bonds. The Labute approximate surface area is 127 Å². The Kier molecular flexibility index (Phi) is 2.66. The van der Waals surface area contributed by atoms with Crippen LogP contribution in [0.15, 0.2) is 83.1 Å². The van der Waals surface area contributed by atoms with Gasteiger partial charge in [-0.05, 0) is 28.7 Å². The molecule has 0 radical (unpaired) electrons. The fourth-order valence-corrected chi connectivity index (χ4v) is 4.71. The molecule has 4 aliphatic rings. The molecule has 106 valence electrons. The summed E-state index contributed by atoms with van der Waals surface area (Å²) < 4.78 is 0. The lowest BCUT2D eigenvalue weighted by molar-refractivity contribution is 0.201. The van der Waals surface area contributed by atoms with Gasteiger partial charge in [0.15, 0.2) is 0 Å². The minimum absolute atomic E-state index is 0.0896. The van der Waals surface area contributed by atoms with Crippen LogP contribution < -0.4 is 0 Å². The topological polar surface area (TPSA) is 0 Å². The van der Waals surface area contributed by atoms with Crippen LogP contribution in [-0.2, 0) is 0 Å². The van der Waals surface area contributed by atoms with E-state index < -0.39 is 0 Å². The highest BCUT2D eigenvalue weighted by Crippen LogP contribution is 2.66. The second kappa shape index (κ2) is 4.34. The average molecular weight is 274 g/mol. The Balaban J connectivity index is 2.03. The van der Waals surface area contributed by atoms with Crippen molar-refractivity contribution in [2.45, 2.75) is 33.1 Å². The maximum atomic E-state index is 2.45. The first-order valence-electron chi connectivity index (χ1n) is 8.12. The van der Waals surface area contributed by atoms with E-state index in [2.05, 4.69) is 74.6 Å². The Morgan fingerprint density at radius 3 is 2.14 bits per heavy atom. The summed E-state index contributed by atoms with van der Waals surface area (Å²) in [6.45, 7) is 4.75. The molecule has 0 bridgehead atoms. The van der Waals surface area contributed by atoms with Gasteiger partial charge in [0, 0.05) is 10.8 Å².